The van der Waals surface area contributed by atoms with Gasteiger partial charge < -0.3 is 4.90 Å². The second-order valence-corrected chi connectivity index (χ2v) is 9.79. The van der Waals surface area contributed by atoms with Crippen molar-refractivity contribution in [2.75, 3.05) is 11.4 Å². The van der Waals surface area contributed by atoms with Crippen LogP contribution < -0.4 is 4.90 Å². The van der Waals surface area contributed by atoms with E-state index in [1.54, 1.807) is 6.07 Å². The second kappa shape index (κ2) is 8.07. The number of fused-ring (bicyclic) bond motifs is 1. The monoisotopic (exact) mass is 403 g/mol. The quantitative estimate of drug-likeness (QED) is 0.644. The number of allylic oxidation sites excluding steroid dienone is 1. The average molecular weight is 404 g/mol. The van der Waals surface area contributed by atoms with E-state index in [1.165, 1.54) is 0 Å². The van der Waals surface area contributed by atoms with Crippen LogP contribution in [0.25, 0.3) is 0 Å². The maximum absolute atomic E-state index is 12.7. The standard InChI is InChI=1S/C22H26ClNO2S/c1-4-11-24-17(3)7-10-20-12-19(13-21(23)22(20)24)15-27(25,26)14-18-8-5-16(2)6-9-18/h5-6,8-9,12-13H,3-4,7,10-11,14-15H2,1-2H3. The summed E-state index contributed by atoms with van der Waals surface area (Å²) >= 11 is 6.57. The summed E-state index contributed by atoms with van der Waals surface area (Å²) in [6.07, 6.45) is 2.73. The first-order chi connectivity index (χ1) is 12.8. The molecule has 2 aromatic carbocycles. The summed E-state index contributed by atoms with van der Waals surface area (Å²) in [7, 11) is -3.27. The van der Waals surface area contributed by atoms with Gasteiger partial charge in [-0.05, 0) is 48.9 Å². The largest absolute Gasteiger partial charge is 0.344 e. The Bertz CT molecular complexity index is 949. The van der Waals surface area contributed by atoms with Crippen LogP contribution in [0.1, 0.15) is 42.0 Å². The Balaban J connectivity index is 1.85. The molecule has 0 N–H and O–H groups in total. The van der Waals surface area contributed by atoms with Gasteiger partial charge >= 0.3 is 0 Å². The molecular weight excluding hydrogens is 378 g/mol. The average Bonchev–Trinajstić information content (AvgIpc) is 2.59. The van der Waals surface area contributed by atoms with Gasteiger partial charge in [-0.25, -0.2) is 8.42 Å². The molecule has 1 aliphatic rings. The van der Waals surface area contributed by atoms with E-state index in [9.17, 15) is 8.42 Å². The zero-order chi connectivity index (χ0) is 19.6. The highest BCUT2D eigenvalue weighted by Gasteiger charge is 2.24. The van der Waals surface area contributed by atoms with Crippen molar-refractivity contribution in [3.63, 3.8) is 0 Å². The molecule has 144 valence electrons. The van der Waals surface area contributed by atoms with Crippen molar-refractivity contribution in [1.29, 1.82) is 0 Å². The van der Waals surface area contributed by atoms with Gasteiger partial charge in [0, 0.05) is 12.2 Å². The molecule has 1 aliphatic heterocycles. The van der Waals surface area contributed by atoms with E-state index in [0.717, 1.165) is 59.4 Å². The molecule has 0 amide bonds. The lowest BCUT2D eigenvalue weighted by molar-refractivity contribution is 0.594. The second-order valence-electron chi connectivity index (χ2n) is 7.32. The van der Waals surface area contributed by atoms with Crippen molar-refractivity contribution >= 4 is 27.1 Å². The number of sulfone groups is 1. The van der Waals surface area contributed by atoms with Crippen molar-refractivity contribution in [2.24, 2.45) is 0 Å². The number of anilines is 1. The minimum absolute atomic E-state index is 0.00258. The van der Waals surface area contributed by atoms with Crippen molar-refractivity contribution in [1.82, 2.24) is 0 Å². The summed E-state index contributed by atoms with van der Waals surface area (Å²) in [4.78, 5) is 2.17. The van der Waals surface area contributed by atoms with Crippen LogP contribution in [0, 0.1) is 6.92 Å². The highest BCUT2D eigenvalue weighted by molar-refractivity contribution is 7.89. The lowest BCUT2D eigenvalue weighted by Gasteiger charge is -2.34. The Hall–Kier alpha value is -1.78. The van der Waals surface area contributed by atoms with E-state index in [-0.39, 0.29) is 11.5 Å². The van der Waals surface area contributed by atoms with Gasteiger partial charge in [-0.1, -0.05) is 61.0 Å². The van der Waals surface area contributed by atoms with Gasteiger partial charge in [-0.2, -0.15) is 0 Å². The zero-order valence-corrected chi connectivity index (χ0v) is 17.5. The number of halogens is 1. The van der Waals surface area contributed by atoms with Crippen LogP contribution in [0.5, 0.6) is 0 Å². The minimum Gasteiger partial charge on any atom is -0.344 e. The summed E-state index contributed by atoms with van der Waals surface area (Å²) < 4.78 is 25.4. The third-order valence-corrected chi connectivity index (χ3v) is 6.71. The Morgan fingerprint density at radius 2 is 1.74 bits per heavy atom. The van der Waals surface area contributed by atoms with E-state index >= 15 is 0 Å². The first-order valence-electron chi connectivity index (χ1n) is 9.31. The molecule has 0 aliphatic carbocycles. The maximum Gasteiger partial charge on any atom is 0.158 e. The predicted molar refractivity (Wildman–Crippen MR) is 114 cm³/mol. The Labute approximate surface area is 167 Å². The summed E-state index contributed by atoms with van der Waals surface area (Å²) in [6.45, 7) is 9.15. The lowest BCUT2D eigenvalue weighted by atomic mass is 9.97. The molecule has 0 radical (unpaired) electrons. The summed E-state index contributed by atoms with van der Waals surface area (Å²) in [6, 6.07) is 11.4. The molecule has 2 aromatic rings. The highest BCUT2D eigenvalue weighted by Crippen LogP contribution is 2.39. The van der Waals surface area contributed by atoms with Crippen LogP contribution in [0.3, 0.4) is 0 Å². The van der Waals surface area contributed by atoms with Gasteiger partial charge in [0.05, 0.1) is 22.2 Å². The van der Waals surface area contributed by atoms with Crippen LogP contribution in [-0.2, 0) is 27.8 Å². The Kier molecular flexibility index (Phi) is 5.97. The number of benzene rings is 2. The molecule has 0 atom stereocenters. The Morgan fingerprint density at radius 1 is 1.07 bits per heavy atom. The van der Waals surface area contributed by atoms with Crippen molar-refractivity contribution in [3.8, 4) is 0 Å². The normalized spacial score (nSPS) is 14.3. The zero-order valence-electron chi connectivity index (χ0n) is 16.0. The van der Waals surface area contributed by atoms with Crippen LogP contribution in [0.4, 0.5) is 5.69 Å². The van der Waals surface area contributed by atoms with Gasteiger partial charge in [0.25, 0.3) is 0 Å². The van der Waals surface area contributed by atoms with E-state index in [1.807, 2.05) is 37.3 Å². The highest BCUT2D eigenvalue weighted by atomic mass is 35.5. The number of hydrogen-bond donors (Lipinski definition) is 0. The van der Waals surface area contributed by atoms with E-state index < -0.39 is 9.84 Å². The predicted octanol–water partition coefficient (Wildman–Crippen LogP) is 5.44. The number of nitrogens with zero attached hydrogens (tertiary/aromatic N) is 1. The van der Waals surface area contributed by atoms with Crippen molar-refractivity contribution < 1.29 is 8.42 Å². The molecule has 0 spiro atoms. The fraction of sp³-hybridized carbons (Fsp3) is 0.364. The van der Waals surface area contributed by atoms with E-state index in [2.05, 4.69) is 18.4 Å². The molecule has 0 fully saturated rings. The SMILES string of the molecule is C=C1CCc2cc(CS(=O)(=O)Cc3ccc(C)cc3)cc(Cl)c2N1CCC. The third kappa shape index (κ3) is 4.74. The lowest BCUT2D eigenvalue weighted by Crippen LogP contribution is -2.28. The molecule has 3 rings (SSSR count). The molecule has 0 saturated carbocycles. The molecule has 0 bridgehead atoms. The summed E-state index contributed by atoms with van der Waals surface area (Å²) in [5.41, 5.74) is 5.88. The fourth-order valence-corrected chi connectivity index (χ4v) is 5.44. The number of aryl methyl sites for hydroxylation is 2. The molecule has 0 unspecified atom stereocenters. The van der Waals surface area contributed by atoms with Crippen LogP contribution >= 0.6 is 11.6 Å². The van der Waals surface area contributed by atoms with Gasteiger partial charge in [0.2, 0.25) is 0 Å². The fourth-order valence-electron chi connectivity index (χ4n) is 3.60. The number of hydrogen-bond acceptors (Lipinski definition) is 3. The molecule has 1 heterocycles. The topological polar surface area (TPSA) is 37.4 Å². The summed E-state index contributed by atoms with van der Waals surface area (Å²) in [5, 5.41) is 0.613. The molecule has 27 heavy (non-hydrogen) atoms. The molecule has 5 heteroatoms. The van der Waals surface area contributed by atoms with E-state index in [4.69, 9.17) is 11.6 Å². The van der Waals surface area contributed by atoms with Crippen LogP contribution in [0.2, 0.25) is 5.02 Å². The smallest absolute Gasteiger partial charge is 0.158 e. The molecule has 0 saturated heterocycles. The van der Waals surface area contributed by atoms with Crippen LogP contribution in [0.15, 0.2) is 48.7 Å². The van der Waals surface area contributed by atoms with Crippen molar-refractivity contribution in [2.45, 2.75) is 44.6 Å². The van der Waals surface area contributed by atoms with E-state index in [0.29, 0.717) is 5.02 Å². The van der Waals surface area contributed by atoms with Gasteiger partial charge in [-0.15, -0.1) is 0 Å². The molecular formula is C22H26ClNO2S. The minimum atomic E-state index is -3.27. The number of rotatable bonds is 6. The van der Waals surface area contributed by atoms with Crippen molar-refractivity contribution in [3.05, 3.63) is 76.0 Å². The first kappa shape index (κ1) is 20.0. The summed E-state index contributed by atoms with van der Waals surface area (Å²) in [5.74, 6) is 0.0450. The van der Waals surface area contributed by atoms with Gasteiger partial charge in [-0.3, -0.25) is 0 Å². The van der Waals surface area contributed by atoms with Crippen LogP contribution in [-0.4, -0.2) is 15.0 Å². The Morgan fingerprint density at radius 3 is 2.41 bits per heavy atom. The molecule has 0 aromatic heterocycles. The first-order valence-corrected chi connectivity index (χ1v) is 11.5. The molecule has 3 nitrogen and oxygen atoms in total. The van der Waals surface area contributed by atoms with Gasteiger partial charge in [0.1, 0.15) is 0 Å². The maximum atomic E-state index is 12.7. The van der Waals surface area contributed by atoms with Gasteiger partial charge in [0.15, 0.2) is 9.84 Å². The third-order valence-electron chi connectivity index (χ3n) is 4.88.